The first-order valence-electron chi connectivity index (χ1n) is 14.0. The number of benzene rings is 3. The van der Waals surface area contributed by atoms with E-state index in [1.54, 1.807) is 30.3 Å². The van der Waals surface area contributed by atoms with E-state index < -0.39 is 45.8 Å². The molecule has 1 fully saturated rings. The molecule has 9 nitrogen and oxygen atoms in total. The number of urea groups is 1. The van der Waals surface area contributed by atoms with Crippen LogP contribution in [-0.4, -0.2) is 38.5 Å². The largest absolute Gasteiger partial charge is 0.449 e. The normalized spacial score (nSPS) is 14.7. The van der Waals surface area contributed by atoms with Gasteiger partial charge in [-0.25, -0.2) is 18.0 Å². The number of esters is 1. The molecule has 234 valence electrons. The molecule has 3 amide bonds. The minimum Gasteiger partial charge on any atom is -0.449 e. The fourth-order valence-electron chi connectivity index (χ4n) is 4.78. The van der Waals surface area contributed by atoms with Gasteiger partial charge in [0.1, 0.15) is 0 Å². The number of nitrogens with one attached hydrogen (secondary N) is 2. The molecular weight excluding hydrogens is 599 g/mol. The number of amides is 3. The fourth-order valence-corrected chi connectivity index (χ4v) is 6.27. The molecule has 0 spiro atoms. The van der Waals surface area contributed by atoms with E-state index in [1.807, 2.05) is 0 Å². The van der Waals surface area contributed by atoms with Crippen LogP contribution in [0.3, 0.4) is 0 Å². The maximum Gasteiger partial charge on any atom is 0.416 e. The van der Waals surface area contributed by atoms with Crippen molar-refractivity contribution in [1.29, 1.82) is 0 Å². The van der Waals surface area contributed by atoms with Gasteiger partial charge < -0.3 is 10.1 Å². The Bertz CT molecular complexity index is 1590. The van der Waals surface area contributed by atoms with Gasteiger partial charge in [0.15, 0.2) is 6.10 Å². The number of hydrogen-bond acceptors (Lipinski definition) is 6. The third-order valence-corrected chi connectivity index (χ3v) is 8.89. The van der Waals surface area contributed by atoms with E-state index in [1.165, 1.54) is 31.2 Å². The van der Waals surface area contributed by atoms with Crippen LogP contribution < -0.4 is 14.9 Å². The molecule has 0 heterocycles. The van der Waals surface area contributed by atoms with Crippen molar-refractivity contribution in [1.82, 2.24) is 10.6 Å². The topological polar surface area (TPSA) is 122 Å². The van der Waals surface area contributed by atoms with Crippen molar-refractivity contribution in [3.8, 4) is 0 Å². The summed E-state index contributed by atoms with van der Waals surface area (Å²) < 4.78 is 74.2. The van der Waals surface area contributed by atoms with Crippen LogP contribution in [0.2, 0.25) is 0 Å². The van der Waals surface area contributed by atoms with Crippen LogP contribution in [0.25, 0.3) is 0 Å². The van der Waals surface area contributed by atoms with Gasteiger partial charge in [0.2, 0.25) is 0 Å². The second kappa shape index (κ2) is 13.9. The van der Waals surface area contributed by atoms with Crippen molar-refractivity contribution < 1.29 is 40.7 Å². The van der Waals surface area contributed by atoms with Crippen molar-refractivity contribution >= 4 is 33.6 Å². The third-order valence-electron chi connectivity index (χ3n) is 7.12. The number of rotatable bonds is 9. The van der Waals surface area contributed by atoms with Crippen LogP contribution in [0.15, 0.2) is 83.8 Å². The summed E-state index contributed by atoms with van der Waals surface area (Å²) >= 11 is 0. The number of carbonyl (C=O) groups is 3. The lowest BCUT2D eigenvalue weighted by atomic mass is 9.96. The molecule has 1 atom stereocenters. The zero-order chi connectivity index (χ0) is 31.9. The van der Waals surface area contributed by atoms with E-state index in [0.29, 0.717) is 5.56 Å². The highest BCUT2D eigenvalue weighted by atomic mass is 32.2. The Balaban J connectivity index is 1.53. The van der Waals surface area contributed by atoms with Crippen LogP contribution in [0.5, 0.6) is 0 Å². The summed E-state index contributed by atoms with van der Waals surface area (Å²) in [6.07, 6.45) is -1.44. The number of carbonyl (C=O) groups excluding carboxylic acids is 3. The molecule has 0 unspecified atom stereocenters. The molecule has 4 rings (SSSR count). The molecule has 0 bridgehead atoms. The molecule has 0 aliphatic heterocycles. The Morgan fingerprint density at radius 3 is 2.30 bits per heavy atom. The van der Waals surface area contributed by atoms with Gasteiger partial charge in [0.05, 0.1) is 28.3 Å². The fraction of sp³-hybridized carbons (Fsp3) is 0.323. The molecule has 1 aliphatic carbocycles. The lowest BCUT2D eigenvalue weighted by molar-refractivity contribution is -0.137. The monoisotopic (exact) mass is 631 g/mol. The van der Waals surface area contributed by atoms with E-state index in [2.05, 4.69) is 10.6 Å². The third kappa shape index (κ3) is 8.37. The predicted molar refractivity (Wildman–Crippen MR) is 156 cm³/mol. The molecule has 3 aromatic rings. The lowest BCUT2D eigenvalue weighted by Crippen LogP contribution is -2.48. The zero-order valence-electron chi connectivity index (χ0n) is 23.8. The van der Waals surface area contributed by atoms with Crippen molar-refractivity contribution in [2.45, 2.75) is 68.8 Å². The summed E-state index contributed by atoms with van der Waals surface area (Å²) in [5.41, 5.74) is -0.966. The number of imide groups is 1. The molecule has 0 radical (unpaired) electrons. The number of halogens is 3. The van der Waals surface area contributed by atoms with Gasteiger partial charge in [0, 0.05) is 6.04 Å². The minimum absolute atomic E-state index is 0.0449. The highest BCUT2D eigenvalue weighted by Crippen LogP contribution is 2.34. The second-order valence-corrected chi connectivity index (χ2v) is 12.3. The van der Waals surface area contributed by atoms with Gasteiger partial charge in [0.25, 0.3) is 15.9 Å². The molecule has 1 aliphatic rings. The molecule has 0 aromatic heterocycles. The predicted octanol–water partition coefficient (Wildman–Crippen LogP) is 5.80. The molecule has 1 saturated carbocycles. The average Bonchev–Trinajstić information content (AvgIpc) is 3.00. The van der Waals surface area contributed by atoms with Crippen molar-refractivity contribution in [2.75, 3.05) is 4.31 Å². The van der Waals surface area contributed by atoms with Crippen LogP contribution >= 0.6 is 0 Å². The highest BCUT2D eigenvalue weighted by molar-refractivity contribution is 7.92. The Labute approximate surface area is 253 Å². The summed E-state index contributed by atoms with van der Waals surface area (Å²) in [6, 6.07) is 16.3. The van der Waals surface area contributed by atoms with Gasteiger partial charge in [-0.15, -0.1) is 0 Å². The molecule has 2 N–H and O–H groups in total. The summed E-state index contributed by atoms with van der Waals surface area (Å²) in [6.45, 7) is 0.968. The van der Waals surface area contributed by atoms with Gasteiger partial charge in [-0.1, -0.05) is 61.7 Å². The first-order valence-corrected chi connectivity index (χ1v) is 15.4. The second-order valence-electron chi connectivity index (χ2n) is 10.4. The maximum atomic E-state index is 13.9. The number of hydrogen-bond donors (Lipinski definition) is 2. The minimum atomic E-state index is -4.71. The maximum absolute atomic E-state index is 13.9. The Morgan fingerprint density at radius 2 is 1.61 bits per heavy atom. The first kappa shape index (κ1) is 32.5. The van der Waals surface area contributed by atoms with E-state index in [-0.39, 0.29) is 28.7 Å². The van der Waals surface area contributed by atoms with E-state index in [4.69, 9.17) is 4.74 Å². The Hall–Kier alpha value is -4.39. The van der Waals surface area contributed by atoms with Crippen molar-refractivity contribution in [3.05, 3.63) is 95.6 Å². The first-order chi connectivity index (χ1) is 20.8. The summed E-state index contributed by atoms with van der Waals surface area (Å²) in [4.78, 5) is 37.2. The molecular formula is C31H32F3N3O6S. The summed E-state index contributed by atoms with van der Waals surface area (Å²) in [5, 5.41) is 4.86. The van der Waals surface area contributed by atoms with Gasteiger partial charge in [-0.2, -0.15) is 13.2 Å². The van der Waals surface area contributed by atoms with E-state index in [9.17, 15) is 36.0 Å². The highest BCUT2D eigenvalue weighted by Gasteiger charge is 2.33. The quantitative estimate of drug-likeness (QED) is 0.288. The SMILES string of the molecule is C[C@H](OC(=O)c1cccc(S(=O)(=O)N(Cc2ccccc2)c2cccc(C(F)(F)F)c2)c1)C(=O)NC(=O)NC1CCCCC1. The standard InChI is InChI=1S/C31H32F3N3O6S/c1-21(28(38)36-30(40)35-25-14-6-3-7-15-25)43-29(39)23-12-8-17-27(18-23)44(41,42)37(20-22-10-4-2-5-11-22)26-16-9-13-24(19-26)31(32,33)34/h2,4-5,8-13,16-19,21,25H,3,6-7,14-15,20H2,1H3,(H2,35,36,38,40)/t21-/m0/s1. The van der Waals surface area contributed by atoms with Crippen LogP contribution in [0.1, 0.15) is 60.5 Å². The van der Waals surface area contributed by atoms with Gasteiger partial charge in [-0.05, 0) is 61.7 Å². The number of nitrogens with zero attached hydrogens (tertiary/aromatic N) is 1. The van der Waals surface area contributed by atoms with Gasteiger partial charge in [-0.3, -0.25) is 14.4 Å². The number of alkyl halides is 3. The van der Waals surface area contributed by atoms with Crippen LogP contribution in [0, 0.1) is 0 Å². The smallest absolute Gasteiger partial charge is 0.416 e. The van der Waals surface area contributed by atoms with Crippen LogP contribution in [0.4, 0.5) is 23.7 Å². The van der Waals surface area contributed by atoms with Gasteiger partial charge >= 0.3 is 18.2 Å². The van der Waals surface area contributed by atoms with E-state index >= 15 is 0 Å². The van der Waals surface area contributed by atoms with Crippen molar-refractivity contribution in [2.24, 2.45) is 0 Å². The van der Waals surface area contributed by atoms with Crippen LogP contribution in [-0.2, 0) is 32.3 Å². The lowest BCUT2D eigenvalue weighted by Gasteiger charge is -2.26. The molecule has 44 heavy (non-hydrogen) atoms. The molecule has 3 aromatic carbocycles. The average molecular weight is 632 g/mol. The summed E-state index contributed by atoms with van der Waals surface area (Å²) in [7, 11) is -4.52. The Kier molecular flexibility index (Phi) is 10.3. The Morgan fingerprint density at radius 1 is 0.932 bits per heavy atom. The number of sulfonamides is 1. The summed E-state index contributed by atoms with van der Waals surface area (Å²) in [5.74, 6) is -1.90. The van der Waals surface area contributed by atoms with E-state index in [0.717, 1.165) is 60.7 Å². The number of ether oxygens (including phenoxy) is 1. The van der Waals surface area contributed by atoms with Crippen molar-refractivity contribution in [3.63, 3.8) is 0 Å². The number of anilines is 1. The molecule has 0 saturated heterocycles. The zero-order valence-corrected chi connectivity index (χ0v) is 24.7. The molecule has 13 heteroatoms.